The van der Waals surface area contributed by atoms with Crippen LogP contribution in [0, 0.1) is 5.92 Å². The summed E-state index contributed by atoms with van der Waals surface area (Å²) in [6.07, 6.45) is 14.6. The van der Waals surface area contributed by atoms with Crippen molar-refractivity contribution in [3.05, 3.63) is 47.5 Å². The maximum absolute atomic E-state index is 12.6. The zero-order valence-corrected chi connectivity index (χ0v) is 29.2. The number of hydrogen-bond acceptors (Lipinski definition) is 4. The predicted molar refractivity (Wildman–Crippen MR) is 173 cm³/mol. The molecule has 0 fully saturated rings. The Hall–Kier alpha value is -1.16. The van der Waals surface area contributed by atoms with Crippen molar-refractivity contribution in [2.24, 2.45) is 11.7 Å². The van der Waals surface area contributed by atoms with E-state index in [9.17, 15) is 10.2 Å². The second-order valence-electron chi connectivity index (χ2n) is 12.8. The second-order valence-corrected chi connectivity index (χ2v) is 13.8. The van der Waals surface area contributed by atoms with Gasteiger partial charge in [-0.1, -0.05) is 161 Å². The van der Waals surface area contributed by atoms with Crippen LogP contribution in [-0.4, -0.2) is 6.54 Å². The Morgan fingerprint density at radius 2 is 1.10 bits per heavy atom. The van der Waals surface area contributed by atoms with Gasteiger partial charge in [0.05, 0.1) is 0 Å². The van der Waals surface area contributed by atoms with Crippen LogP contribution in [-0.2, 0) is 27.3 Å². The fourth-order valence-electron chi connectivity index (χ4n) is 5.04. The molecule has 0 amide bonds. The van der Waals surface area contributed by atoms with Gasteiger partial charge in [-0.15, -0.1) is 0 Å². The molecule has 1 atom stereocenters. The molecule has 3 nitrogen and oxygen atoms in total. The van der Waals surface area contributed by atoms with Gasteiger partial charge in [-0.25, -0.2) is 0 Å². The van der Waals surface area contributed by atoms with Crippen LogP contribution in [0.2, 0.25) is 0 Å². The van der Waals surface area contributed by atoms with E-state index in [1.807, 2.05) is 24.3 Å². The van der Waals surface area contributed by atoms with E-state index in [0.29, 0.717) is 9.79 Å². The zero-order chi connectivity index (χ0) is 30.2. The minimum atomic E-state index is -0.00915. The van der Waals surface area contributed by atoms with Crippen molar-refractivity contribution in [1.29, 1.82) is 0 Å². The third-order valence-electron chi connectivity index (χ3n) is 8.36. The van der Waals surface area contributed by atoms with Crippen molar-refractivity contribution in [3.8, 4) is 11.5 Å². The summed E-state index contributed by atoms with van der Waals surface area (Å²) in [5.41, 5.74) is 7.91. The summed E-state index contributed by atoms with van der Waals surface area (Å²) in [5.74, 6) is 0.764. The van der Waals surface area contributed by atoms with Crippen molar-refractivity contribution < 1.29 is 26.7 Å². The van der Waals surface area contributed by atoms with Crippen LogP contribution in [0.5, 0.6) is 11.5 Å². The largest absolute Gasteiger partial charge is 2.00 e. The smallest absolute Gasteiger partial charge is 0.872 e. The molecule has 1 unspecified atom stereocenters. The average molecular weight is 629 g/mol. The molecule has 2 aromatic carbocycles. The summed E-state index contributed by atoms with van der Waals surface area (Å²) in [6.45, 7) is 18.7. The summed E-state index contributed by atoms with van der Waals surface area (Å²) < 4.78 is 0. The molecule has 0 spiro atoms. The molecule has 236 valence electrons. The van der Waals surface area contributed by atoms with Crippen LogP contribution in [0.25, 0.3) is 0 Å². The van der Waals surface area contributed by atoms with Crippen molar-refractivity contribution in [3.63, 3.8) is 0 Å². The van der Waals surface area contributed by atoms with E-state index >= 15 is 0 Å². The molecule has 2 rings (SSSR count). The maximum Gasteiger partial charge on any atom is 2.00 e. The number of hydrogen-bond donors (Lipinski definition) is 1. The third-order valence-corrected chi connectivity index (χ3v) is 9.44. The van der Waals surface area contributed by atoms with Gasteiger partial charge in [0.2, 0.25) is 0 Å². The van der Waals surface area contributed by atoms with Gasteiger partial charge in [0.1, 0.15) is 0 Å². The fraction of sp³-hybridized carbons (Fsp3) is 0.667. The van der Waals surface area contributed by atoms with Crippen LogP contribution in [0.3, 0.4) is 0 Å². The summed E-state index contributed by atoms with van der Waals surface area (Å²) in [4.78, 5) is 1.30. The first-order valence-corrected chi connectivity index (χ1v) is 16.8. The second kappa shape index (κ2) is 20.7. The molecule has 2 N–H and O–H groups in total. The van der Waals surface area contributed by atoms with Crippen LogP contribution in [0.1, 0.15) is 144 Å². The van der Waals surface area contributed by atoms with Gasteiger partial charge >= 0.3 is 16.5 Å². The van der Waals surface area contributed by atoms with Gasteiger partial charge in [-0.2, -0.15) is 0 Å². The number of rotatable bonds is 17. The number of nitrogens with two attached hydrogens (primary N) is 1. The molecule has 41 heavy (non-hydrogen) atoms. The van der Waals surface area contributed by atoms with Crippen LogP contribution in [0.15, 0.2) is 46.2 Å². The average Bonchev–Trinajstić information content (AvgIpc) is 2.92. The van der Waals surface area contributed by atoms with Crippen molar-refractivity contribution in [2.75, 3.05) is 6.54 Å². The van der Waals surface area contributed by atoms with Crippen molar-refractivity contribution in [2.45, 2.75) is 153 Å². The predicted octanol–water partition coefficient (Wildman–Crippen LogP) is 9.86. The first-order valence-electron chi connectivity index (χ1n) is 16.0. The monoisotopic (exact) mass is 627 g/mol. The van der Waals surface area contributed by atoms with E-state index in [2.05, 4.69) is 55.4 Å². The van der Waals surface area contributed by atoms with Gasteiger partial charge in [0, 0.05) is 9.79 Å². The molecule has 0 aromatic heterocycles. The molecule has 0 aliphatic carbocycles. The minimum Gasteiger partial charge on any atom is -0.872 e. The molecular weight excluding hydrogens is 569 g/mol. The number of unbranched alkanes of at least 4 members (excludes halogenated alkanes) is 5. The molecule has 0 bridgehead atoms. The molecule has 0 heterocycles. The minimum absolute atomic E-state index is 0. The molecule has 0 radical (unpaired) electrons. The molecule has 0 aliphatic rings. The van der Waals surface area contributed by atoms with Crippen LogP contribution < -0.4 is 15.9 Å². The third kappa shape index (κ3) is 14.2. The summed E-state index contributed by atoms with van der Waals surface area (Å²) in [6, 6.07) is 11.3. The normalized spacial score (nSPS) is 12.3. The maximum atomic E-state index is 12.6. The summed E-state index contributed by atoms with van der Waals surface area (Å²) in [7, 11) is 0. The Morgan fingerprint density at radius 1 is 0.683 bits per heavy atom. The quantitative estimate of drug-likeness (QED) is 0.140. The molecule has 0 saturated carbocycles. The van der Waals surface area contributed by atoms with Gasteiger partial charge in [-0.05, 0) is 65.8 Å². The Labute approximate surface area is 267 Å². The first kappa shape index (κ1) is 39.8. The van der Waals surface area contributed by atoms with E-state index in [1.54, 1.807) is 12.1 Å². The Morgan fingerprint density at radius 3 is 1.44 bits per heavy atom. The molecule has 2 aromatic rings. The van der Waals surface area contributed by atoms with Crippen molar-refractivity contribution >= 4 is 11.8 Å². The first-order chi connectivity index (χ1) is 18.9. The summed E-state index contributed by atoms with van der Waals surface area (Å²) in [5, 5.41) is 25.2. The Bertz CT molecular complexity index is 903. The van der Waals surface area contributed by atoms with Crippen LogP contribution >= 0.6 is 11.8 Å². The standard InChI is InChI=1S/C28H42O2S.C8H19N.Ni/c1-7-9-11-17-27(3,4)21-13-15-23(29)25(19-21)31-26-20-22(14-16-24(26)30)28(5,6)18-12-10-8-2;1-3-5-6-8(4-2)7-9;/h13-16,19-20,29-30H,7-12,17-18H2,1-6H3;8H,3-7,9H2,1-2H3;/q;;+2/p-2. The van der Waals surface area contributed by atoms with Gasteiger partial charge < -0.3 is 15.9 Å². The van der Waals surface area contributed by atoms with Crippen LogP contribution in [0.4, 0.5) is 0 Å². The Kier molecular flexibility index (Phi) is 20.1. The Balaban J connectivity index is 0.00000138. The molecule has 5 heteroatoms. The SMILES string of the molecule is CCCCC(CC)CN.CCCCCC(C)(C)c1ccc([O-])c(Sc2cc(C(C)(C)CCCCC)ccc2[O-])c1.[Ni+2]. The number of benzene rings is 2. The van der Waals surface area contributed by atoms with E-state index in [0.717, 1.165) is 25.3 Å². The molecule has 0 aliphatic heterocycles. The zero-order valence-electron chi connectivity index (χ0n) is 27.4. The van der Waals surface area contributed by atoms with Gasteiger partial charge in [0.25, 0.3) is 0 Å². The van der Waals surface area contributed by atoms with Gasteiger partial charge in [-0.3, -0.25) is 0 Å². The topological polar surface area (TPSA) is 72.1 Å². The van der Waals surface area contributed by atoms with E-state index in [1.165, 1.54) is 87.1 Å². The fourth-order valence-corrected chi connectivity index (χ4v) is 5.99. The summed E-state index contributed by atoms with van der Waals surface area (Å²) >= 11 is 1.33. The van der Waals surface area contributed by atoms with E-state index in [-0.39, 0.29) is 38.8 Å². The van der Waals surface area contributed by atoms with E-state index < -0.39 is 0 Å². The van der Waals surface area contributed by atoms with Crippen molar-refractivity contribution in [1.82, 2.24) is 0 Å². The van der Waals surface area contributed by atoms with E-state index in [4.69, 9.17) is 5.73 Å². The molecule has 0 saturated heterocycles. The molecular formula is C36H59NNiO2S. The van der Waals surface area contributed by atoms with Gasteiger partial charge in [0.15, 0.2) is 0 Å².